The zero-order valence-electron chi connectivity index (χ0n) is 16.4. The molecule has 28 heavy (non-hydrogen) atoms. The zero-order chi connectivity index (χ0) is 19.6. The van der Waals surface area contributed by atoms with Crippen molar-refractivity contribution in [3.05, 3.63) is 59.7 Å². The van der Waals surface area contributed by atoms with Crippen molar-refractivity contribution in [2.75, 3.05) is 40.0 Å². The fraction of sp³-hybridized carbons (Fsp3) is 0.409. The third kappa shape index (κ3) is 5.97. The maximum atomic E-state index is 12.2. The minimum absolute atomic E-state index is 0.178. The van der Waals surface area contributed by atoms with Crippen molar-refractivity contribution in [1.29, 1.82) is 0 Å². The molecule has 6 nitrogen and oxygen atoms in total. The Balaban J connectivity index is 1.47. The highest BCUT2D eigenvalue weighted by molar-refractivity contribution is 5.76. The highest BCUT2D eigenvalue weighted by atomic mass is 16.5. The van der Waals surface area contributed by atoms with Gasteiger partial charge in [0.2, 0.25) is 5.91 Å². The van der Waals surface area contributed by atoms with Gasteiger partial charge in [-0.15, -0.1) is 0 Å². The van der Waals surface area contributed by atoms with Crippen molar-refractivity contribution in [3.63, 3.8) is 0 Å². The van der Waals surface area contributed by atoms with E-state index in [1.807, 2.05) is 53.4 Å². The van der Waals surface area contributed by atoms with E-state index in [4.69, 9.17) is 14.2 Å². The lowest BCUT2D eigenvalue weighted by Gasteiger charge is -2.26. The second-order valence-corrected chi connectivity index (χ2v) is 6.68. The molecule has 2 aromatic carbocycles. The van der Waals surface area contributed by atoms with Gasteiger partial charge in [0.25, 0.3) is 0 Å². The van der Waals surface area contributed by atoms with E-state index >= 15 is 0 Å². The highest BCUT2D eigenvalue weighted by Gasteiger charge is 2.16. The predicted molar refractivity (Wildman–Crippen MR) is 107 cm³/mol. The second-order valence-electron chi connectivity index (χ2n) is 6.68. The van der Waals surface area contributed by atoms with E-state index in [0.717, 1.165) is 16.9 Å². The number of rotatable bonds is 9. The molecular weight excluding hydrogens is 356 g/mol. The van der Waals surface area contributed by atoms with Gasteiger partial charge in [-0.25, -0.2) is 0 Å². The SMILES string of the molecule is COc1ccc(CNCCC(=O)N2CCOCC2)cc1OCc1ccccc1. The number of nitrogens with one attached hydrogen (secondary N) is 1. The van der Waals surface area contributed by atoms with Crippen molar-refractivity contribution in [1.82, 2.24) is 10.2 Å². The van der Waals surface area contributed by atoms with Crippen molar-refractivity contribution in [2.24, 2.45) is 0 Å². The first-order valence-corrected chi connectivity index (χ1v) is 9.66. The quantitative estimate of drug-likeness (QED) is 0.674. The predicted octanol–water partition coefficient (Wildman–Crippen LogP) is 2.61. The Hall–Kier alpha value is -2.57. The van der Waals surface area contributed by atoms with E-state index in [2.05, 4.69) is 5.32 Å². The molecule has 1 heterocycles. The summed E-state index contributed by atoms with van der Waals surface area (Å²) in [6.45, 7) is 4.46. The lowest BCUT2D eigenvalue weighted by atomic mass is 10.2. The topological polar surface area (TPSA) is 60.0 Å². The van der Waals surface area contributed by atoms with E-state index in [9.17, 15) is 4.79 Å². The molecule has 150 valence electrons. The van der Waals surface area contributed by atoms with Gasteiger partial charge in [0.1, 0.15) is 6.61 Å². The summed E-state index contributed by atoms with van der Waals surface area (Å²) in [6.07, 6.45) is 0.494. The van der Waals surface area contributed by atoms with E-state index < -0.39 is 0 Å². The standard InChI is InChI=1S/C22H28N2O4/c1-26-20-8-7-19(15-21(20)28-17-18-5-3-2-4-6-18)16-23-10-9-22(25)24-11-13-27-14-12-24/h2-8,15,23H,9-14,16-17H2,1H3. The van der Waals surface area contributed by atoms with Gasteiger partial charge in [0.15, 0.2) is 11.5 Å². The normalized spacial score (nSPS) is 14.0. The van der Waals surface area contributed by atoms with Crippen LogP contribution in [0.2, 0.25) is 0 Å². The third-order valence-electron chi connectivity index (χ3n) is 4.67. The van der Waals surface area contributed by atoms with E-state index in [1.54, 1.807) is 7.11 Å². The summed E-state index contributed by atoms with van der Waals surface area (Å²) in [5, 5.41) is 3.34. The maximum Gasteiger partial charge on any atom is 0.224 e. The van der Waals surface area contributed by atoms with Crippen LogP contribution in [0.4, 0.5) is 0 Å². The largest absolute Gasteiger partial charge is 0.493 e. The van der Waals surface area contributed by atoms with Gasteiger partial charge in [0, 0.05) is 32.6 Å². The molecule has 0 aromatic heterocycles. The Morgan fingerprint density at radius 3 is 2.61 bits per heavy atom. The summed E-state index contributed by atoms with van der Waals surface area (Å²) in [4.78, 5) is 14.0. The fourth-order valence-corrected chi connectivity index (χ4v) is 3.08. The van der Waals surface area contributed by atoms with Crippen LogP contribution in [0, 0.1) is 0 Å². The van der Waals surface area contributed by atoms with Crippen molar-refractivity contribution in [3.8, 4) is 11.5 Å². The molecule has 0 unspecified atom stereocenters. The van der Waals surface area contributed by atoms with Crippen LogP contribution in [0.3, 0.4) is 0 Å². The van der Waals surface area contributed by atoms with Gasteiger partial charge in [-0.05, 0) is 23.3 Å². The lowest BCUT2D eigenvalue weighted by Crippen LogP contribution is -2.41. The van der Waals surface area contributed by atoms with E-state index in [0.29, 0.717) is 58.2 Å². The molecule has 0 bridgehead atoms. The average molecular weight is 384 g/mol. The van der Waals surface area contributed by atoms with Crippen molar-refractivity contribution in [2.45, 2.75) is 19.6 Å². The van der Waals surface area contributed by atoms with Crippen LogP contribution in [-0.4, -0.2) is 50.8 Å². The summed E-state index contributed by atoms with van der Waals surface area (Å²) < 4.78 is 16.6. The van der Waals surface area contributed by atoms with Crippen molar-refractivity contribution >= 4 is 5.91 Å². The zero-order valence-corrected chi connectivity index (χ0v) is 16.4. The molecule has 0 saturated carbocycles. The molecule has 1 saturated heterocycles. The Labute approximate surface area is 166 Å². The first kappa shape index (κ1) is 20.2. The van der Waals surface area contributed by atoms with Gasteiger partial charge in [0.05, 0.1) is 20.3 Å². The highest BCUT2D eigenvalue weighted by Crippen LogP contribution is 2.28. The number of hydrogen-bond acceptors (Lipinski definition) is 5. The summed E-state index contributed by atoms with van der Waals surface area (Å²) in [7, 11) is 1.64. The van der Waals surface area contributed by atoms with Crippen LogP contribution >= 0.6 is 0 Å². The molecule has 0 radical (unpaired) electrons. The lowest BCUT2D eigenvalue weighted by molar-refractivity contribution is -0.135. The number of ether oxygens (including phenoxy) is 3. The molecule has 3 rings (SSSR count). The summed E-state index contributed by atoms with van der Waals surface area (Å²) in [6, 6.07) is 15.9. The average Bonchev–Trinajstić information content (AvgIpc) is 2.76. The summed E-state index contributed by atoms with van der Waals surface area (Å²) >= 11 is 0. The first-order chi connectivity index (χ1) is 13.8. The number of nitrogens with zero attached hydrogens (tertiary/aromatic N) is 1. The van der Waals surface area contributed by atoms with Gasteiger partial charge in [-0.2, -0.15) is 0 Å². The molecule has 0 atom stereocenters. The summed E-state index contributed by atoms with van der Waals surface area (Å²) in [5.41, 5.74) is 2.19. The molecule has 0 aliphatic carbocycles. The van der Waals surface area contributed by atoms with Crippen LogP contribution in [0.5, 0.6) is 11.5 Å². The fourth-order valence-electron chi connectivity index (χ4n) is 3.08. The van der Waals surface area contributed by atoms with Crippen molar-refractivity contribution < 1.29 is 19.0 Å². The molecular formula is C22H28N2O4. The van der Waals surface area contributed by atoms with Gasteiger partial charge < -0.3 is 24.4 Å². The molecule has 1 fully saturated rings. The van der Waals surface area contributed by atoms with Gasteiger partial charge in [-0.1, -0.05) is 36.4 Å². The summed E-state index contributed by atoms with van der Waals surface area (Å²) in [5.74, 6) is 1.61. The minimum atomic E-state index is 0.178. The molecule has 1 N–H and O–H groups in total. The van der Waals surface area contributed by atoms with Crippen LogP contribution in [0.25, 0.3) is 0 Å². The first-order valence-electron chi connectivity index (χ1n) is 9.66. The second kappa shape index (κ2) is 10.7. The molecule has 6 heteroatoms. The van der Waals surface area contributed by atoms with E-state index in [1.165, 1.54) is 0 Å². The molecule has 2 aromatic rings. The Bertz CT molecular complexity index is 745. The number of carbonyl (C=O) groups is 1. The van der Waals surface area contributed by atoms with Gasteiger partial charge >= 0.3 is 0 Å². The number of amides is 1. The molecule has 1 amide bonds. The number of morpholine rings is 1. The Morgan fingerprint density at radius 1 is 1.07 bits per heavy atom. The van der Waals surface area contributed by atoms with Crippen LogP contribution < -0.4 is 14.8 Å². The smallest absolute Gasteiger partial charge is 0.224 e. The number of carbonyl (C=O) groups excluding carboxylic acids is 1. The third-order valence-corrected chi connectivity index (χ3v) is 4.67. The van der Waals surface area contributed by atoms with Gasteiger partial charge in [-0.3, -0.25) is 4.79 Å². The van der Waals surface area contributed by atoms with Crippen LogP contribution in [-0.2, 0) is 22.7 Å². The van der Waals surface area contributed by atoms with E-state index in [-0.39, 0.29) is 5.91 Å². The monoisotopic (exact) mass is 384 g/mol. The molecule has 1 aliphatic rings. The number of benzene rings is 2. The Morgan fingerprint density at radius 2 is 1.86 bits per heavy atom. The van der Waals surface area contributed by atoms with Crippen LogP contribution in [0.1, 0.15) is 17.5 Å². The molecule has 1 aliphatic heterocycles. The number of hydrogen-bond donors (Lipinski definition) is 1. The minimum Gasteiger partial charge on any atom is -0.493 e. The Kier molecular flexibility index (Phi) is 7.70. The van der Waals surface area contributed by atoms with Crippen LogP contribution in [0.15, 0.2) is 48.5 Å². The maximum absolute atomic E-state index is 12.2. The number of methoxy groups -OCH3 is 1. The molecule has 0 spiro atoms.